The largest absolute Gasteiger partial charge is 0.294 e. The molecule has 0 saturated heterocycles. The van der Waals surface area contributed by atoms with Crippen molar-refractivity contribution in [3.8, 4) is 0 Å². The summed E-state index contributed by atoms with van der Waals surface area (Å²) in [6, 6.07) is 30.7. The number of benzene rings is 3. The number of carbonyl (C=O) groups is 1. The third-order valence-electron chi connectivity index (χ3n) is 5.60. The molecule has 134 valence electrons. The fourth-order valence-corrected chi connectivity index (χ4v) is 4.35. The van der Waals surface area contributed by atoms with Crippen LogP contribution in [0.5, 0.6) is 0 Å². The molecule has 3 unspecified atom stereocenters. The molecule has 0 saturated carbocycles. The van der Waals surface area contributed by atoms with Gasteiger partial charge in [-0.2, -0.15) is 0 Å². The maximum Gasteiger partial charge on any atom is 0.167 e. The zero-order valence-corrected chi connectivity index (χ0v) is 15.6. The molecule has 0 aromatic heterocycles. The summed E-state index contributed by atoms with van der Waals surface area (Å²) in [6.45, 7) is 2.19. The summed E-state index contributed by atoms with van der Waals surface area (Å²) in [6.07, 6.45) is 3.23. The predicted molar refractivity (Wildman–Crippen MR) is 111 cm³/mol. The highest BCUT2D eigenvalue weighted by atomic mass is 16.1. The quantitative estimate of drug-likeness (QED) is 0.392. The van der Waals surface area contributed by atoms with Gasteiger partial charge in [0.1, 0.15) is 0 Å². The normalized spacial score (nSPS) is 22.1. The fraction of sp³-hybridized carbons (Fsp3) is 0.192. The van der Waals surface area contributed by atoms with E-state index in [4.69, 9.17) is 0 Å². The van der Waals surface area contributed by atoms with Crippen LogP contribution in [0.25, 0.3) is 0 Å². The maximum absolute atomic E-state index is 13.6. The van der Waals surface area contributed by atoms with Crippen LogP contribution < -0.4 is 0 Å². The molecule has 0 N–H and O–H groups in total. The lowest BCUT2D eigenvalue weighted by Crippen LogP contribution is -2.31. The monoisotopic (exact) mass is 352 g/mol. The van der Waals surface area contributed by atoms with Crippen LogP contribution in [0, 0.1) is 5.92 Å². The summed E-state index contributed by atoms with van der Waals surface area (Å²) in [7, 11) is 0. The number of rotatable bonds is 4. The second kappa shape index (κ2) is 7.75. The number of carbonyl (C=O) groups excluding carboxylic acids is 1. The molecular formula is C26H24O. The van der Waals surface area contributed by atoms with E-state index in [1.54, 1.807) is 0 Å². The topological polar surface area (TPSA) is 17.1 Å². The van der Waals surface area contributed by atoms with E-state index in [1.807, 2.05) is 42.5 Å². The van der Waals surface area contributed by atoms with Crippen molar-refractivity contribution >= 4 is 5.78 Å². The van der Waals surface area contributed by atoms with Gasteiger partial charge in [0.05, 0.1) is 0 Å². The number of allylic oxidation sites excluding steroid dienone is 2. The summed E-state index contributed by atoms with van der Waals surface area (Å²) in [5, 5.41) is 0. The molecule has 0 fully saturated rings. The highest BCUT2D eigenvalue weighted by Crippen LogP contribution is 2.46. The molecule has 1 aliphatic rings. The van der Waals surface area contributed by atoms with Crippen molar-refractivity contribution in [3.63, 3.8) is 0 Å². The molecule has 0 spiro atoms. The van der Waals surface area contributed by atoms with E-state index in [9.17, 15) is 4.79 Å². The van der Waals surface area contributed by atoms with Crippen LogP contribution in [0.2, 0.25) is 0 Å². The van der Waals surface area contributed by atoms with Gasteiger partial charge in [0, 0.05) is 17.4 Å². The van der Waals surface area contributed by atoms with Crippen molar-refractivity contribution in [2.24, 2.45) is 5.92 Å². The zero-order valence-electron chi connectivity index (χ0n) is 15.6. The molecule has 0 heterocycles. The van der Waals surface area contributed by atoms with E-state index in [0.717, 1.165) is 12.0 Å². The van der Waals surface area contributed by atoms with Crippen molar-refractivity contribution in [2.75, 3.05) is 0 Å². The van der Waals surface area contributed by atoms with E-state index in [-0.39, 0.29) is 23.5 Å². The van der Waals surface area contributed by atoms with Crippen LogP contribution in [0.1, 0.15) is 46.7 Å². The summed E-state index contributed by atoms with van der Waals surface area (Å²) in [4.78, 5) is 13.6. The van der Waals surface area contributed by atoms with Gasteiger partial charge in [0.15, 0.2) is 5.78 Å². The Morgan fingerprint density at radius 3 is 1.85 bits per heavy atom. The zero-order chi connectivity index (χ0) is 18.6. The highest BCUT2D eigenvalue weighted by molar-refractivity contribution is 5.99. The van der Waals surface area contributed by atoms with Crippen LogP contribution in [-0.2, 0) is 0 Å². The summed E-state index contributed by atoms with van der Waals surface area (Å²) >= 11 is 0. The first-order chi connectivity index (χ1) is 13.2. The Kier molecular flexibility index (Phi) is 5.02. The maximum atomic E-state index is 13.6. The molecule has 0 bridgehead atoms. The molecule has 3 atom stereocenters. The lowest BCUT2D eigenvalue weighted by molar-refractivity contribution is 0.0881. The van der Waals surface area contributed by atoms with Crippen molar-refractivity contribution < 1.29 is 4.79 Å². The third-order valence-corrected chi connectivity index (χ3v) is 5.60. The Balaban J connectivity index is 1.83. The van der Waals surface area contributed by atoms with E-state index < -0.39 is 0 Å². The van der Waals surface area contributed by atoms with Crippen molar-refractivity contribution in [1.82, 2.24) is 0 Å². The highest BCUT2D eigenvalue weighted by Gasteiger charge is 2.39. The van der Waals surface area contributed by atoms with Crippen LogP contribution in [0.4, 0.5) is 0 Å². The Hall–Kier alpha value is -2.93. The molecule has 4 rings (SSSR count). The third kappa shape index (κ3) is 3.64. The molecule has 3 aromatic carbocycles. The Morgan fingerprint density at radius 2 is 1.26 bits per heavy atom. The summed E-state index contributed by atoms with van der Waals surface area (Å²) < 4.78 is 0. The average molecular weight is 352 g/mol. The number of hydrogen-bond donors (Lipinski definition) is 0. The predicted octanol–water partition coefficient (Wildman–Crippen LogP) is 6.40. The minimum Gasteiger partial charge on any atom is -0.294 e. The van der Waals surface area contributed by atoms with Gasteiger partial charge in [0.25, 0.3) is 0 Å². The minimum atomic E-state index is -0.0964. The molecule has 1 nitrogen and oxygen atoms in total. The number of Topliss-reactive ketones (excluding diaryl/α,β-unsaturated/α-hetero) is 1. The summed E-state index contributed by atoms with van der Waals surface area (Å²) in [5.41, 5.74) is 4.62. The molecule has 0 amide bonds. The average Bonchev–Trinajstić information content (AvgIpc) is 2.74. The molecule has 0 aliphatic heterocycles. The van der Waals surface area contributed by atoms with Crippen LogP contribution in [0.15, 0.2) is 103 Å². The molecular weight excluding hydrogens is 328 g/mol. The van der Waals surface area contributed by atoms with E-state index in [1.165, 1.54) is 16.7 Å². The van der Waals surface area contributed by atoms with Gasteiger partial charge >= 0.3 is 0 Å². The Morgan fingerprint density at radius 1 is 0.741 bits per heavy atom. The number of hydrogen-bond acceptors (Lipinski definition) is 1. The van der Waals surface area contributed by atoms with E-state index in [0.29, 0.717) is 0 Å². The van der Waals surface area contributed by atoms with Gasteiger partial charge in [-0.1, -0.05) is 103 Å². The van der Waals surface area contributed by atoms with Crippen molar-refractivity contribution in [1.29, 1.82) is 0 Å². The lowest BCUT2D eigenvalue weighted by atomic mass is 9.66. The smallest absolute Gasteiger partial charge is 0.167 e. The first kappa shape index (κ1) is 17.5. The molecule has 0 radical (unpaired) electrons. The minimum absolute atomic E-state index is 0.0952. The molecule has 1 aliphatic carbocycles. The molecule has 3 aromatic rings. The lowest BCUT2D eigenvalue weighted by Gasteiger charge is -2.36. The molecule has 27 heavy (non-hydrogen) atoms. The first-order valence-electron chi connectivity index (χ1n) is 9.60. The molecule has 1 heteroatoms. The van der Waals surface area contributed by atoms with E-state index in [2.05, 4.69) is 61.5 Å². The van der Waals surface area contributed by atoms with Crippen molar-refractivity contribution in [3.05, 3.63) is 119 Å². The SMILES string of the molecule is CC1=CC(c2ccccc2)C(C(=O)c2ccccc2)C(c2ccccc2)C1. The van der Waals surface area contributed by atoms with Gasteiger partial charge in [-0.25, -0.2) is 0 Å². The Bertz CT molecular complexity index is 926. The van der Waals surface area contributed by atoms with Crippen LogP contribution in [0.3, 0.4) is 0 Å². The van der Waals surface area contributed by atoms with Crippen LogP contribution >= 0.6 is 0 Å². The van der Waals surface area contributed by atoms with Crippen LogP contribution in [-0.4, -0.2) is 5.78 Å². The van der Waals surface area contributed by atoms with E-state index >= 15 is 0 Å². The van der Waals surface area contributed by atoms with Gasteiger partial charge in [-0.15, -0.1) is 0 Å². The fourth-order valence-electron chi connectivity index (χ4n) is 4.35. The standard InChI is InChI=1S/C26H24O/c1-19-17-23(20-11-5-2-6-12-20)25(26(27)22-15-9-4-10-16-22)24(18-19)21-13-7-3-8-14-21/h2-17,23-25H,18H2,1H3. The first-order valence-corrected chi connectivity index (χ1v) is 9.60. The van der Waals surface area contributed by atoms with Crippen molar-refractivity contribution in [2.45, 2.75) is 25.2 Å². The van der Waals surface area contributed by atoms with Gasteiger partial charge in [-0.05, 0) is 30.4 Å². The number of ketones is 1. The van der Waals surface area contributed by atoms with Gasteiger partial charge < -0.3 is 0 Å². The van der Waals surface area contributed by atoms with Gasteiger partial charge in [0.2, 0.25) is 0 Å². The second-order valence-corrected chi connectivity index (χ2v) is 7.43. The Labute approximate surface area is 161 Å². The second-order valence-electron chi connectivity index (χ2n) is 7.43. The van der Waals surface area contributed by atoms with Gasteiger partial charge in [-0.3, -0.25) is 4.79 Å². The summed E-state index contributed by atoms with van der Waals surface area (Å²) in [5.74, 6) is 0.426.